The fourth-order valence-corrected chi connectivity index (χ4v) is 3.61. The highest BCUT2D eigenvalue weighted by molar-refractivity contribution is 7.92. The maximum atomic E-state index is 12.2. The molecule has 2 aromatic carbocycles. The fourth-order valence-electron chi connectivity index (χ4n) is 2.59. The molecule has 0 spiro atoms. The molecule has 0 aliphatic rings. The van der Waals surface area contributed by atoms with Crippen molar-refractivity contribution in [3.63, 3.8) is 0 Å². The fraction of sp³-hybridized carbons (Fsp3) is 0.286. The molecule has 156 valence electrons. The maximum Gasteiger partial charge on any atom is 0.237 e. The Kier molecular flexibility index (Phi) is 8.23. The number of benzene rings is 2. The van der Waals surface area contributed by atoms with Crippen LogP contribution in [-0.2, 0) is 21.2 Å². The first-order valence-corrected chi connectivity index (χ1v) is 10.6. The first kappa shape index (κ1) is 22.4. The van der Waals surface area contributed by atoms with Crippen molar-refractivity contribution in [1.29, 1.82) is 0 Å². The predicted molar refractivity (Wildman–Crippen MR) is 113 cm³/mol. The Morgan fingerprint density at radius 2 is 1.76 bits per heavy atom. The van der Waals surface area contributed by atoms with Crippen molar-refractivity contribution in [2.24, 2.45) is 0 Å². The lowest BCUT2D eigenvalue weighted by atomic mass is 10.1. The molecule has 8 heteroatoms. The van der Waals surface area contributed by atoms with Crippen LogP contribution in [0.25, 0.3) is 6.08 Å². The van der Waals surface area contributed by atoms with Gasteiger partial charge < -0.3 is 14.8 Å². The monoisotopic (exact) mass is 418 g/mol. The van der Waals surface area contributed by atoms with Gasteiger partial charge in [0, 0.05) is 12.0 Å². The minimum Gasteiger partial charge on any atom is -0.493 e. The Balaban J connectivity index is 1.85. The van der Waals surface area contributed by atoms with Crippen LogP contribution in [0.2, 0.25) is 0 Å². The van der Waals surface area contributed by atoms with Crippen molar-refractivity contribution in [2.75, 3.05) is 20.8 Å². The Hall–Kier alpha value is -2.84. The van der Waals surface area contributed by atoms with Crippen molar-refractivity contribution in [1.82, 2.24) is 10.0 Å². The van der Waals surface area contributed by atoms with Gasteiger partial charge in [-0.25, -0.2) is 8.42 Å². The van der Waals surface area contributed by atoms with E-state index in [9.17, 15) is 13.2 Å². The SMILES string of the molecule is COc1ccc(CCNC(=O)C(C)NS(=O)(=O)/C=C/c2ccccc2)cc1OC. The third-order valence-corrected chi connectivity index (χ3v) is 5.31. The second-order valence-electron chi connectivity index (χ2n) is 6.33. The average molecular weight is 419 g/mol. The number of sulfonamides is 1. The number of hydrogen-bond acceptors (Lipinski definition) is 5. The molecule has 2 aromatic rings. The second kappa shape index (κ2) is 10.6. The van der Waals surface area contributed by atoms with Gasteiger partial charge in [0.05, 0.1) is 20.3 Å². The van der Waals surface area contributed by atoms with Gasteiger partial charge >= 0.3 is 0 Å². The summed E-state index contributed by atoms with van der Waals surface area (Å²) in [5.41, 5.74) is 1.71. The lowest BCUT2D eigenvalue weighted by Crippen LogP contribution is -2.44. The minimum absolute atomic E-state index is 0.361. The smallest absolute Gasteiger partial charge is 0.237 e. The molecule has 0 fully saturated rings. The number of carbonyl (C=O) groups is 1. The standard InChI is InChI=1S/C21H26N2O5S/c1-16(23-29(25,26)14-12-17-7-5-4-6-8-17)21(24)22-13-11-18-9-10-19(27-2)20(15-18)28-3/h4-10,12,14-16,23H,11,13H2,1-3H3,(H,22,24)/b14-12+. The summed E-state index contributed by atoms with van der Waals surface area (Å²) in [6.45, 7) is 1.86. The van der Waals surface area contributed by atoms with E-state index in [1.807, 2.05) is 30.3 Å². The number of hydrogen-bond donors (Lipinski definition) is 2. The molecule has 0 aliphatic carbocycles. The summed E-state index contributed by atoms with van der Waals surface area (Å²) in [6.07, 6.45) is 2.05. The van der Waals surface area contributed by atoms with Gasteiger partial charge in [0.2, 0.25) is 15.9 Å². The van der Waals surface area contributed by atoms with Crippen LogP contribution in [0, 0.1) is 0 Å². The van der Waals surface area contributed by atoms with Crippen LogP contribution in [0.4, 0.5) is 0 Å². The van der Waals surface area contributed by atoms with Crippen molar-refractivity contribution < 1.29 is 22.7 Å². The molecule has 7 nitrogen and oxygen atoms in total. The minimum atomic E-state index is -3.74. The van der Waals surface area contributed by atoms with Crippen LogP contribution in [0.15, 0.2) is 53.9 Å². The van der Waals surface area contributed by atoms with Gasteiger partial charge in [0.1, 0.15) is 0 Å². The summed E-state index contributed by atoms with van der Waals surface area (Å²) >= 11 is 0. The molecule has 1 atom stereocenters. The molecule has 0 bridgehead atoms. The molecule has 1 amide bonds. The van der Waals surface area contributed by atoms with Gasteiger partial charge in [-0.15, -0.1) is 0 Å². The lowest BCUT2D eigenvalue weighted by molar-refractivity contribution is -0.122. The van der Waals surface area contributed by atoms with E-state index < -0.39 is 22.0 Å². The zero-order valence-corrected chi connectivity index (χ0v) is 17.5. The Morgan fingerprint density at radius 3 is 2.41 bits per heavy atom. The first-order chi connectivity index (χ1) is 13.8. The van der Waals surface area contributed by atoms with Crippen LogP contribution in [0.5, 0.6) is 11.5 Å². The van der Waals surface area contributed by atoms with Crippen molar-refractivity contribution in [3.8, 4) is 11.5 Å². The van der Waals surface area contributed by atoms with E-state index in [4.69, 9.17) is 9.47 Å². The average Bonchev–Trinajstić information content (AvgIpc) is 2.72. The summed E-state index contributed by atoms with van der Waals surface area (Å²) in [7, 11) is -0.616. The molecule has 2 rings (SSSR count). The number of amides is 1. The molecule has 29 heavy (non-hydrogen) atoms. The molecule has 0 heterocycles. The second-order valence-corrected chi connectivity index (χ2v) is 7.93. The third kappa shape index (κ3) is 7.24. The van der Waals surface area contributed by atoms with Gasteiger partial charge in [-0.2, -0.15) is 4.72 Å². The van der Waals surface area contributed by atoms with E-state index >= 15 is 0 Å². The number of ether oxygens (including phenoxy) is 2. The normalized spacial score (nSPS) is 12.5. The van der Waals surface area contributed by atoms with Crippen molar-refractivity contribution in [3.05, 3.63) is 65.1 Å². The quantitative estimate of drug-likeness (QED) is 0.618. The molecule has 0 aromatic heterocycles. The van der Waals surface area contributed by atoms with Crippen LogP contribution >= 0.6 is 0 Å². The van der Waals surface area contributed by atoms with E-state index in [1.54, 1.807) is 32.4 Å². The summed E-state index contributed by atoms with van der Waals surface area (Å²) in [4.78, 5) is 12.2. The largest absolute Gasteiger partial charge is 0.493 e. The highest BCUT2D eigenvalue weighted by atomic mass is 32.2. The highest BCUT2D eigenvalue weighted by Crippen LogP contribution is 2.27. The number of rotatable bonds is 10. The predicted octanol–water partition coefficient (Wildman–Crippen LogP) is 2.34. The first-order valence-electron chi connectivity index (χ1n) is 9.08. The van der Waals surface area contributed by atoms with Gasteiger partial charge in [0.15, 0.2) is 11.5 Å². The molecule has 2 N–H and O–H groups in total. The van der Waals surface area contributed by atoms with E-state index in [-0.39, 0.29) is 0 Å². The zero-order chi connectivity index (χ0) is 21.3. The van der Waals surface area contributed by atoms with Crippen molar-refractivity contribution >= 4 is 22.0 Å². The molecule has 0 saturated heterocycles. The van der Waals surface area contributed by atoms with E-state index in [1.165, 1.54) is 13.0 Å². The molecule has 0 aliphatic heterocycles. The van der Waals surface area contributed by atoms with Crippen LogP contribution in [0.1, 0.15) is 18.1 Å². The number of methoxy groups -OCH3 is 2. The molecule has 0 radical (unpaired) electrons. The number of carbonyl (C=O) groups excluding carboxylic acids is 1. The Morgan fingerprint density at radius 1 is 1.07 bits per heavy atom. The highest BCUT2D eigenvalue weighted by Gasteiger charge is 2.18. The Labute approximate surface area is 171 Å². The molecule has 0 saturated carbocycles. The van der Waals surface area contributed by atoms with E-state index in [2.05, 4.69) is 10.0 Å². The number of nitrogens with one attached hydrogen (secondary N) is 2. The Bertz CT molecular complexity index is 943. The lowest BCUT2D eigenvalue weighted by Gasteiger charge is -2.13. The summed E-state index contributed by atoms with van der Waals surface area (Å²) in [5.74, 6) is 0.844. The maximum absolute atomic E-state index is 12.2. The van der Waals surface area contributed by atoms with Gasteiger partial charge in [0.25, 0.3) is 0 Å². The topological polar surface area (TPSA) is 93.7 Å². The van der Waals surface area contributed by atoms with Crippen molar-refractivity contribution in [2.45, 2.75) is 19.4 Å². The van der Waals surface area contributed by atoms with Crippen LogP contribution in [0.3, 0.4) is 0 Å². The zero-order valence-electron chi connectivity index (χ0n) is 16.7. The van der Waals surface area contributed by atoms with Gasteiger partial charge in [-0.1, -0.05) is 36.4 Å². The van der Waals surface area contributed by atoms with E-state index in [0.717, 1.165) is 16.5 Å². The molecular formula is C21H26N2O5S. The summed E-state index contributed by atoms with van der Waals surface area (Å²) in [6, 6.07) is 13.7. The van der Waals surface area contributed by atoms with Crippen LogP contribution < -0.4 is 19.5 Å². The molecular weight excluding hydrogens is 392 g/mol. The van der Waals surface area contributed by atoms with Crippen LogP contribution in [-0.4, -0.2) is 41.1 Å². The van der Waals surface area contributed by atoms with Gasteiger partial charge in [-0.05, 0) is 42.7 Å². The molecule has 1 unspecified atom stereocenters. The summed E-state index contributed by atoms with van der Waals surface area (Å²) in [5, 5.41) is 3.78. The summed E-state index contributed by atoms with van der Waals surface area (Å²) < 4.78 is 37.1. The van der Waals surface area contributed by atoms with E-state index in [0.29, 0.717) is 24.5 Å². The third-order valence-electron chi connectivity index (χ3n) is 4.13. The van der Waals surface area contributed by atoms with Gasteiger partial charge in [-0.3, -0.25) is 4.79 Å².